The summed E-state index contributed by atoms with van der Waals surface area (Å²) < 4.78 is 6.00. The van der Waals surface area contributed by atoms with Gasteiger partial charge in [0, 0.05) is 0 Å². The van der Waals surface area contributed by atoms with Gasteiger partial charge in [-0.2, -0.15) is 0 Å². The van der Waals surface area contributed by atoms with Gasteiger partial charge in [0.25, 0.3) is 0 Å². The van der Waals surface area contributed by atoms with E-state index in [9.17, 15) is 0 Å². The van der Waals surface area contributed by atoms with Crippen LogP contribution in [0.5, 0.6) is 0 Å². The quantitative estimate of drug-likeness (QED) is 0.500. The molecule has 0 amide bonds. The van der Waals surface area contributed by atoms with Crippen molar-refractivity contribution >= 4 is 27.4 Å². The summed E-state index contributed by atoms with van der Waals surface area (Å²) in [6, 6.07) is 22.6. The number of thiophene rings is 1. The average molecular weight is 361 g/mol. The fourth-order valence-electron chi connectivity index (χ4n) is 2.85. The molecule has 0 spiro atoms. The molecular formula is C21H19N3OS. The minimum atomic E-state index is 0.0120. The molecule has 0 saturated heterocycles. The molecule has 0 fully saturated rings. The Morgan fingerprint density at radius 3 is 2.50 bits per heavy atom. The highest BCUT2D eigenvalue weighted by molar-refractivity contribution is 7.16. The van der Waals surface area contributed by atoms with Crippen molar-refractivity contribution < 1.29 is 4.74 Å². The van der Waals surface area contributed by atoms with E-state index >= 15 is 0 Å². The van der Waals surface area contributed by atoms with Crippen LogP contribution in [0.2, 0.25) is 0 Å². The lowest BCUT2D eigenvalue weighted by Gasteiger charge is -2.20. The Bertz CT molecular complexity index is 957. The van der Waals surface area contributed by atoms with Crippen molar-refractivity contribution in [2.75, 3.05) is 11.9 Å². The van der Waals surface area contributed by atoms with Gasteiger partial charge in [-0.25, -0.2) is 9.97 Å². The number of nitrogens with zero attached hydrogens (tertiary/aromatic N) is 2. The molecule has 1 unspecified atom stereocenters. The number of benzene rings is 2. The van der Waals surface area contributed by atoms with Gasteiger partial charge in [0.1, 0.15) is 17.0 Å². The van der Waals surface area contributed by atoms with E-state index < -0.39 is 0 Å². The van der Waals surface area contributed by atoms with Gasteiger partial charge in [-0.15, -0.1) is 11.3 Å². The van der Waals surface area contributed by atoms with Gasteiger partial charge >= 0.3 is 0 Å². The third-order valence-corrected chi connectivity index (χ3v) is 4.99. The predicted octanol–water partition coefficient (Wildman–Crippen LogP) is 5.06. The molecule has 5 heteroatoms. The maximum atomic E-state index is 6.00. The van der Waals surface area contributed by atoms with E-state index in [2.05, 4.69) is 45.6 Å². The SMILES string of the molecule is c1ccc(COCC(Nc2ncnc3sccc23)c2ccccc2)cc1. The number of hydrogen-bond donors (Lipinski definition) is 1. The van der Waals surface area contributed by atoms with Gasteiger partial charge in [-0.1, -0.05) is 60.7 Å². The first-order valence-corrected chi connectivity index (χ1v) is 9.39. The van der Waals surface area contributed by atoms with Crippen LogP contribution >= 0.6 is 11.3 Å². The van der Waals surface area contributed by atoms with Crippen molar-refractivity contribution in [1.29, 1.82) is 0 Å². The highest BCUT2D eigenvalue weighted by atomic mass is 32.1. The molecule has 1 atom stereocenters. The molecule has 2 aromatic heterocycles. The molecule has 0 radical (unpaired) electrons. The van der Waals surface area contributed by atoms with Crippen LogP contribution in [-0.2, 0) is 11.3 Å². The van der Waals surface area contributed by atoms with Crippen molar-refractivity contribution in [3.8, 4) is 0 Å². The molecule has 1 N–H and O–H groups in total. The van der Waals surface area contributed by atoms with Crippen molar-refractivity contribution in [3.05, 3.63) is 89.6 Å². The predicted molar refractivity (Wildman–Crippen MR) is 106 cm³/mol. The molecule has 4 nitrogen and oxygen atoms in total. The van der Waals surface area contributed by atoms with Gasteiger partial charge in [0.15, 0.2) is 0 Å². The van der Waals surface area contributed by atoms with Crippen LogP contribution in [0.3, 0.4) is 0 Å². The molecule has 4 aromatic rings. The highest BCUT2D eigenvalue weighted by Crippen LogP contribution is 2.27. The first-order valence-electron chi connectivity index (χ1n) is 8.51. The van der Waals surface area contributed by atoms with Gasteiger partial charge in [0.05, 0.1) is 24.6 Å². The van der Waals surface area contributed by atoms with E-state index in [1.54, 1.807) is 17.7 Å². The number of ether oxygens (including phenoxy) is 1. The Morgan fingerprint density at radius 2 is 1.69 bits per heavy atom. The van der Waals surface area contributed by atoms with Crippen LogP contribution < -0.4 is 5.32 Å². The van der Waals surface area contributed by atoms with Crippen LogP contribution in [0.15, 0.2) is 78.4 Å². The number of anilines is 1. The third-order valence-electron chi connectivity index (χ3n) is 4.17. The van der Waals surface area contributed by atoms with E-state index in [1.165, 1.54) is 11.1 Å². The molecule has 0 saturated carbocycles. The van der Waals surface area contributed by atoms with Gasteiger partial charge in [0.2, 0.25) is 0 Å². The first-order chi connectivity index (χ1) is 12.9. The van der Waals surface area contributed by atoms with E-state index in [0.717, 1.165) is 16.0 Å². The summed E-state index contributed by atoms with van der Waals surface area (Å²) in [7, 11) is 0. The van der Waals surface area contributed by atoms with Crippen molar-refractivity contribution in [2.24, 2.45) is 0 Å². The number of rotatable bonds is 7. The van der Waals surface area contributed by atoms with Crippen LogP contribution in [0.4, 0.5) is 5.82 Å². The summed E-state index contributed by atoms with van der Waals surface area (Å²) in [5, 5.41) is 6.62. The van der Waals surface area contributed by atoms with Crippen LogP contribution in [-0.4, -0.2) is 16.6 Å². The molecule has 0 aliphatic carbocycles. The molecule has 0 bridgehead atoms. The summed E-state index contributed by atoms with van der Waals surface area (Å²) in [4.78, 5) is 9.75. The molecule has 4 rings (SSSR count). The molecular weight excluding hydrogens is 342 g/mol. The summed E-state index contributed by atoms with van der Waals surface area (Å²) >= 11 is 1.62. The number of nitrogens with one attached hydrogen (secondary N) is 1. The summed E-state index contributed by atoms with van der Waals surface area (Å²) in [5.41, 5.74) is 2.34. The zero-order chi connectivity index (χ0) is 17.6. The summed E-state index contributed by atoms with van der Waals surface area (Å²) in [6.07, 6.45) is 1.61. The average Bonchev–Trinajstić information content (AvgIpc) is 3.18. The second-order valence-corrected chi connectivity index (χ2v) is 6.86. The number of fused-ring (bicyclic) bond motifs is 1. The van der Waals surface area contributed by atoms with Crippen molar-refractivity contribution in [3.63, 3.8) is 0 Å². The Labute approximate surface area is 156 Å². The minimum absolute atomic E-state index is 0.0120. The molecule has 2 heterocycles. The monoisotopic (exact) mass is 361 g/mol. The van der Waals surface area contributed by atoms with Crippen LogP contribution in [0, 0.1) is 0 Å². The zero-order valence-corrected chi connectivity index (χ0v) is 15.0. The number of hydrogen-bond acceptors (Lipinski definition) is 5. The Morgan fingerprint density at radius 1 is 0.923 bits per heavy atom. The molecule has 0 aliphatic rings. The summed E-state index contributed by atoms with van der Waals surface area (Å²) in [5.74, 6) is 0.841. The maximum absolute atomic E-state index is 6.00. The van der Waals surface area contributed by atoms with Crippen molar-refractivity contribution in [2.45, 2.75) is 12.6 Å². The summed E-state index contributed by atoms with van der Waals surface area (Å²) in [6.45, 7) is 1.14. The van der Waals surface area contributed by atoms with E-state index in [4.69, 9.17) is 4.74 Å². The standard InChI is InChI=1S/C21H19N3OS/c1-3-7-16(8-4-1)13-25-14-19(17-9-5-2-6-10-17)24-20-18-11-12-26-21(18)23-15-22-20/h1-12,15,19H,13-14H2,(H,22,23,24). The van der Waals surface area contributed by atoms with E-state index in [-0.39, 0.29) is 6.04 Å². The van der Waals surface area contributed by atoms with Gasteiger partial charge < -0.3 is 10.1 Å². The maximum Gasteiger partial charge on any atom is 0.138 e. The second kappa shape index (κ2) is 8.08. The van der Waals surface area contributed by atoms with Crippen LogP contribution in [0.1, 0.15) is 17.2 Å². The van der Waals surface area contributed by atoms with Gasteiger partial charge in [-0.05, 0) is 22.6 Å². The normalized spacial score (nSPS) is 12.2. The Hall–Kier alpha value is -2.76. The molecule has 130 valence electrons. The topological polar surface area (TPSA) is 47.0 Å². The fourth-order valence-corrected chi connectivity index (χ4v) is 3.58. The molecule has 0 aliphatic heterocycles. The molecule has 26 heavy (non-hydrogen) atoms. The highest BCUT2D eigenvalue weighted by Gasteiger charge is 2.14. The number of aromatic nitrogens is 2. The Balaban J connectivity index is 1.52. The van der Waals surface area contributed by atoms with Crippen molar-refractivity contribution in [1.82, 2.24) is 9.97 Å². The largest absolute Gasteiger partial charge is 0.374 e. The van der Waals surface area contributed by atoms with Gasteiger partial charge in [-0.3, -0.25) is 0 Å². The van der Waals surface area contributed by atoms with E-state index in [1.807, 2.05) is 41.8 Å². The Kier molecular flexibility index (Phi) is 5.19. The first kappa shape index (κ1) is 16.7. The lowest BCUT2D eigenvalue weighted by Crippen LogP contribution is -2.18. The lowest BCUT2D eigenvalue weighted by atomic mass is 10.1. The smallest absolute Gasteiger partial charge is 0.138 e. The zero-order valence-electron chi connectivity index (χ0n) is 14.2. The second-order valence-electron chi connectivity index (χ2n) is 5.97. The molecule has 2 aromatic carbocycles. The minimum Gasteiger partial charge on any atom is -0.374 e. The van der Waals surface area contributed by atoms with E-state index in [0.29, 0.717) is 13.2 Å². The lowest BCUT2D eigenvalue weighted by molar-refractivity contribution is 0.112. The van der Waals surface area contributed by atoms with Crippen LogP contribution in [0.25, 0.3) is 10.2 Å². The fraction of sp³-hybridized carbons (Fsp3) is 0.143. The third kappa shape index (κ3) is 3.90.